The van der Waals surface area contributed by atoms with Crippen LogP contribution < -0.4 is 11.5 Å². The summed E-state index contributed by atoms with van der Waals surface area (Å²) in [5, 5.41) is 0. The van der Waals surface area contributed by atoms with Gasteiger partial charge in [-0.2, -0.15) is 0 Å². The number of carbonyl (C=O) groups is 1. The average molecular weight is 263 g/mol. The molecule has 0 saturated carbocycles. The number of amides is 1. The molecule has 1 amide bonds. The fourth-order valence-electron chi connectivity index (χ4n) is 2.10. The highest BCUT2D eigenvalue weighted by atomic mass is 32.1. The predicted molar refractivity (Wildman–Crippen MR) is 72.8 cm³/mol. The van der Waals surface area contributed by atoms with Crippen LogP contribution in [-0.4, -0.2) is 30.4 Å². The summed E-state index contributed by atoms with van der Waals surface area (Å²) in [6.07, 6.45) is 0.876. The summed E-state index contributed by atoms with van der Waals surface area (Å²) < 4.78 is 0. The first-order valence-corrected chi connectivity index (χ1v) is 6.80. The van der Waals surface area contributed by atoms with E-state index in [2.05, 4.69) is 22.8 Å². The van der Waals surface area contributed by atoms with Crippen molar-refractivity contribution in [1.29, 1.82) is 0 Å². The number of hydrogen-bond acceptors (Lipinski definition) is 4. The van der Waals surface area contributed by atoms with Gasteiger partial charge in [0.05, 0.1) is 17.3 Å². The summed E-state index contributed by atoms with van der Waals surface area (Å²) in [6, 6.07) is 4.10. The molecule has 0 aromatic carbocycles. The number of rotatable bonds is 3. The molecule has 4 N–H and O–H groups in total. The maximum atomic E-state index is 11.1. The zero-order chi connectivity index (χ0) is 13.0. The Bertz CT molecular complexity index is 486. The van der Waals surface area contributed by atoms with Crippen molar-refractivity contribution < 1.29 is 4.79 Å². The van der Waals surface area contributed by atoms with Gasteiger partial charge in [-0.25, -0.2) is 0 Å². The predicted octanol–water partition coefficient (Wildman–Crippen LogP) is 0.365. The van der Waals surface area contributed by atoms with Gasteiger partial charge in [-0.1, -0.05) is 11.8 Å². The minimum absolute atomic E-state index is 0.0152. The highest BCUT2D eigenvalue weighted by molar-refractivity contribution is 7.12. The van der Waals surface area contributed by atoms with E-state index in [1.54, 1.807) is 11.3 Å². The van der Waals surface area contributed by atoms with Crippen molar-refractivity contribution in [2.75, 3.05) is 19.6 Å². The van der Waals surface area contributed by atoms with Gasteiger partial charge in [0.2, 0.25) is 5.91 Å². The Morgan fingerprint density at radius 2 is 2.39 bits per heavy atom. The van der Waals surface area contributed by atoms with E-state index in [0.29, 0.717) is 6.54 Å². The summed E-state index contributed by atoms with van der Waals surface area (Å²) in [7, 11) is 0. The first-order valence-electron chi connectivity index (χ1n) is 5.98. The van der Waals surface area contributed by atoms with Gasteiger partial charge in [0.1, 0.15) is 0 Å². The Labute approximate surface area is 111 Å². The highest BCUT2D eigenvalue weighted by Gasteiger charge is 2.26. The van der Waals surface area contributed by atoms with Gasteiger partial charge in [0, 0.05) is 18.0 Å². The lowest BCUT2D eigenvalue weighted by Gasteiger charge is -2.13. The molecule has 2 heterocycles. The number of nitrogens with two attached hydrogens (primary N) is 2. The van der Waals surface area contributed by atoms with Crippen LogP contribution in [0, 0.1) is 17.8 Å². The van der Waals surface area contributed by atoms with E-state index in [-0.39, 0.29) is 11.8 Å². The van der Waals surface area contributed by atoms with Gasteiger partial charge in [-0.15, -0.1) is 11.3 Å². The van der Waals surface area contributed by atoms with Crippen molar-refractivity contribution in [1.82, 2.24) is 4.90 Å². The lowest BCUT2D eigenvalue weighted by molar-refractivity contribution is -0.121. The van der Waals surface area contributed by atoms with Crippen LogP contribution in [0.25, 0.3) is 0 Å². The Kier molecular flexibility index (Phi) is 4.37. The van der Waals surface area contributed by atoms with Crippen molar-refractivity contribution in [3.8, 4) is 11.8 Å². The maximum absolute atomic E-state index is 11.1. The summed E-state index contributed by atoms with van der Waals surface area (Å²) >= 11 is 1.68. The van der Waals surface area contributed by atoms with E-state index in [0.717, 1.165) is 30.9 Å². The molecule has 18 heavy (non-hydrogen) atoms. The van der Waals surface area contributed by atoms with Crippen molar-refractivity contribution in [3.05, 3.63) is 21.9 Å². The summed E-state index contributed by atoms with van der Waals surface area (Å²) in [6.45, 7) is 2.98. The van der Waals surface area contributed by atoms with E-state index >= 15 is 0 Å². The summed E-state index contributed by atoms with van der Waals surface area (Å²) in [5.74, 6) is 5.71. The van der Waals surface area contributed by atoms with Crippen LogP contribution in [0.15, 0.2) is 12.1 Å². The van der Waals surface area contributed by atoms with Crippen molar-refractivity contribution in [3.63, 3.8) is 0 Å². The van der Waals surface area contributed by atoms with E-state index in [1.807, 2.05) is 6.07 Å². The molecule has 1 fully saturated rings. The molecule has 1 unspecified atom stereocenters. The molecule has 96 valence electrons. The molecular weight excluding hydrogens is 246 g/mol. The third-order valence-electron chi connectivity index (χ3n) is 3.03. The molecule has 0 bridgehead atoms. The number of hydrogen-bond donors (Lipinski definition) is 2. The largest absolute Gasteiger partial charge is 0.369 e. The number of likely N-dealkylation sites (tertiary alicyclic amines) is 1. The normalized spacial score (nSPS) is 19.5. The van der Waals surface area contributed by atoms with Crippen LogP contribution in [0.1, 0.15) is 16.2 Å². The summed E-state index contributed by atoms with van der Waals surface area (Å²) in [4.78, 5) is 15.7. The first kappa shape index (κ1) is 13.1. The molecule has 5 heteroatoms. The fourth-order valence-corrected chi connectivity index (χ4v) is 3.02. The van der Waals surface area contributed by atoms with E-state index in [1.165, 1.54) is 4.88 Å². The second-order valence-corrected chi connectivity index (χ2v) is 5.56. The number of primary amides is 1. The maximum Gasteiger partial charge on any atom is 0.221 e. The smallest absolute Gasteiger partial charge is 0.221 e. The molecule has 1 saturated heterocycles. The van der Waals surface area contributed by atoms with Crippen LogP contribution in [-0.2, 0) is 11.3 Å². The van der Waals surface area contributed by atoms with Crippen LogP contribution in [0.3, 0.4) is 0 Å². The quantitative estimate of drug-likeness (QED) is 0.774. The van der Waals surface area contributed by atoms with Crippen LogP contribution in [0.4, 0.5) is 0 Å². The molecule has 0 aliphatic carbocycles. The minimum atomic E-state index is -0.182. The number of carbonyl (C=O) groups excluding carboxylic acids is 1. The Morgan fingerprint density at radius 3 is 3.06 bits per heavy atom. The van der Waals surface area contributed by atoms with Crippen LogP contribution >= 0.6 is 11.3 Å². The Morgan fingerprint density at radius 1 is 1.56 bits per heavy atom. The fraction of sp³-hybridized carbons (Fsp3) is 0.462. The SMILES string of the molecule is NCC#Cc1ccc(CN2CCC(C(N)=O)C2)s1. The van der Waals surface area contributed by atoms with Crippen molar-refractivity contribution in [2.45, 2.75) is 13.0 Å². The molecule has 2 rings (SSSR count). The van der Waals surface area contributed by atoms with E-state index in [4.69, 9.17) is 11.5 Å². The molecule has 1 aliphatic heterocycles. The van der Waals surface area contributed by atoms with Crippen molar-refractivity contribution >= 4 is 17.2 Å². The molecule has 0 spiro atoms. The second-order valence-electron chi connectivity index (χ2n) is 4.39. The first-order chi connectivity index (χ1) is 8.69. The third-order valence-corrected chi connectivity index (χ3v) is 4.01. The molecule has 1 atom stereocenters. The number of thiophene rings is 1. The van der Waals surface area contributed by atoms with Gasteiger partial charge >= 0.3 is 0 Å². The molecule has 4 nitrogen and oxygen atoms in total. The zero-order valence-electron chi connectivity index (χ0n) is 10.2. The molecule has 1 aromatic heterocycles. The standard InChI is InChI=1S/C13H17N3OS/c14-6-1-2-11-3-4-12(18-11)9-16-7-5-10(8-16)13(15)17/h3-4,10H,5-9,14H2,(H2,15,17). The van der Waals surface area contributed by atoms with E-state index < -0.39 is 0 Å². The molecule has 1 aliphatic rings. The molecule has 1 aromatic rings. The third kappa shape index (κ3) is 3.33. The van der Waals surface area contributed by atoms with Crippen LogP contribution in [0.2, 0.25) is 0 Å². The zero-order valence-corrected chi connectivity index (χ0v) is 11.0. The van der Waals surface area contributed by atoms with Crippen LogP contribution in [0.5, 0.6) is 0 Å². The van der Waals surface area contributed by atoms with Gasteiger partial charge in [0.15, 0.2) is 0 Å². The molecule has 0 radical (unpaired) electrons. The lowest BCUT2D eigenvalue weighted by atomic mass is 10.1. The van der Waals surface area contributed by atoms with E-state index in [9.17, 15) is 4.79 Å². The summed E-state index contributed by atoms with van der Waals surface area (Å²) in [5.41, 5.74) is 10.7. The highest BCUT2D eigenvalue weighted by Crippen LogP contribution is 2.22. The van der Waals surface area contributed by atoms with Gasteiger partial charge in [0.25, 0.3) is 0 Å². The topological polar surface area (TPSA) is 72.3 Å². The Hall–Kier alpha value is -1.35. The second kappa shape index (κ2) is 6.01. The lowest BCUT2D eigenvalue weighted by Crippen LogP contribution is -2.27. The van der Waals surface area contributed by atoms with Gasteiger partial charge in [-0.3, -0.25) is 9.69 Å². The Balaban J connectivity index is 1.90. The minimum Gasteiger partial charge on any atom is -0.369 e. The average Bonchev–Trinajstić information content (AvgIpc) is 2.96. The van der Waals surface area contributed by atoms with Gasteiger partial charge in [-0.05, 0) is 25.1 Å². The van der Waals surface area contributed by atoms with Gasteiger partial charge < -0.3 is 11.5 Å². The molecular formula is C13H17N3OS. The number of nitrogens with zero attached hydrogens (tertiary/aromatic N) is 1. The monoisotopic (exact) mass is 263 g/mol. The van der Waals surface area contributed by atoms with Crippen molar-refractivity contribution in [2.24, 2.45) is 17.4 Å².